The number of Topliss-reactive ketones (excluding diaryl/α,β-unsaturated/α-hetero) is 1. The molecule has 0 aromatic rings. The van der Waals surface area contributed by atoms with Gasteiger partial charge in [-0.1, -0.05) is 13.8 Å². The van der Waals surface area contributed by atoms with Crippen LogP contribution in [0.1, 0.15) is 78.6 Å². The highest BCUT2D eigenvalue weighted by Gasteiger charge is 2.60. The van der Waals surface area contributed by atoms with Crippen molar-refractivity contribution in [1.29, 1.82) is 0 Å². The Morgan fingerprint density at radius 1 is 0.967 bits per heavy atom. The number of ketones is 1. The molecule has 0 spiro atoms. The van der Waals surface area contributed by atoms with Gasteiger partial charge in [0.25, 0.3) is 5.78 Å². The third-order valence-electron chi connectivity index (χ3n) is 10.0. The SMILES string of the molecule is CC1(O)CCC2(C)C(CCC3C4CCC(COCC(=O)C(F)(F)F)C4(C)CCC32)C1. The zero-order chi connectivity index (χ0) is 21.9. The van der Waals surface area contributed by atoms with Crippen LogP contribution in [0, 0.1) is 40.4 Å². The molecular weight excluding hydrogens is 393 g/mol. The first kappa shape index (κ1) is 22.6. The van der Waals surface area contributed by atoms with Gasteiger partial charge in [0.2, 0.25) is 0 Å². The Hall–Kier alpha value is -0.620. The standard InChI is InChI=1S/C24H37F3O3/c1-21(29)10-11-23(3)15(12-21)4-6-17-18-7-5-16(22(18,2)9-8-19(17)23)13-30-14-20(28)24(25,26)27/h15-19,29H,4-14H2,1-3H3. The molecule has 4 aliphatic carbocycles. The van der Waals surface area contributed by atoms with Gasteiger partial charge in [-0.05, 0) is 105 Å². The molecule has 0 aromatic carbocycles. The summed E-state index contributed by atoms with van der Waals surface area (Å²) in [4.78, 5) is 11.1. The summed E-state index contributed by atoms with van der Waals surface area (Å²) >= 11 is 0. The molecule has 0 aromatic heterocycles. The Morgan fingerprint density at radius 2 is 1.67 bits per heavy atom. The summed E-state index contributed by atoms with van der Waals surface area (Å²) in [5.74, 6) is 1.02. The molecule has 4 fully saturated rings. The molecule has 8 unspecified atom stereocenters. The van der Waals surface area contributed by atoms with Crippen molar-refractivity contribution in [3.63, 3.8) is 0 Å². The summed E-state index contributed by atoms with van der Waals surface area (Å²) in [5.41, 5.74) is -0.115. The van der Waals surface area contributed by atoms with Gasteiger partial charge in [0.05, 0.1) is 12.2 Å². The summed E-state index contributed by atoms with van der Waals surface area (Å²) in [6.45, 7) is 6.18. The van der Waals surface area contributed by atoms with Gasteiger partial charge in [0, 0.05) is 0 Å². The molecule has 1 N–H and O–H groups in total. The maximum Gasteiger partial charge on any atom is 0.452 e. The second kappa shape index (κ2) is 7.47. The molecular formula is C24H37F3O3. The van der Waals surface area contributed by atoms with E-state index < -0.39 is 24.2 Å². The number of rotatable bonds is 4. The van der Waals surface area contributed by atoms with E-state index in [1.54, 1.807) is 0 Å². The van der Waals surface area contributed by atoms with E-state index in [0.717, 1.165) is 38.5 Å². The minimum Gasteiger partial charge on any atom is -0.390 e. The zero-order valence-corrected chi connectivity index (χ0v) is 18.6. The van der Waals surface area contributed by atoms with Crippen LogP contribution in [0.15, 0.2) is 0 Å². The largest absolute Gasteiger partial charge is 0.452 e. The molecule has 0 amide bonds. The predicted octanol–water partition coefficient (Wildman–Crippen LogP) is 5.54. The lowest BCUT2D eigenvalue weighted by Crippen LogP contribution is -2.55. The fourth-order valence-electron chi connectivity index (χ4n) is 8.19. The zero-order valence-electron chi connectivity index (χ0n) is 18.6. The highest BCUT2D eigenvalue weighted by molar-refractivity contribution is 5.85. The van der Waals surface area contributed by atoms with Gasteiger partial charge in [0.15, 0.2) is 0 Å². The van der Waals surface area contributed by atoms with Crippen molar-refractivity contribution in [2.75, 3.05) is 13.2 Å². The lowest BCUT2D eigenvalue weighted by atomic mass is 9.44. The van der Waals surface area contributed by atoms with Crippen molar-refractivity contribution in [1.82, 2.24) is 0 Å². The van der Waals surface area contributed by atoms with Crippen LogP contribution in [0.4, 0.5) is 13.2 Å². The maximum atomic E-state index is 12.5. The summed E-state index contributed by atoms with van der Waals surface area (Å²) in [5, 5.41) is 10.6. The Bertz CT molecular complexity index is 675. The van der Waals surface area contributed by atoms with Crippen LogP contribution < -0.4 is 0 Å². The van der Waals surface area contributed by atoms with Crippen LogP contribution in [0.3, 0.4) is 0 Å². The smallest absolute Gasteiger partial charge is 0.390 e. The average Bonchev–Trinajstić information content (AvgIpc) is 2.98. The summed E-state index contributed by atoms with van der Waals surface area (Å²) in [7, 11) is 0. The molecule has 4 aliphatic rings. The monoisotopic (exact) mass is 430 g/mol. The van der Waals surface area contributed by atoms with E-state index in [-0.39, 0.29) is 17.9 Å². The third kappa shape index (κ3) is 3.74. The second-order valence-electron chi connectivity index (χ2n) is 11.6. The van der Waals surface area contributed by atoms with Crippen molar-refractivity contribution in [2.24, 2.45) is 40.4 Å². The van der Waals surface area contributed by atoms with Crippen LogP contribution >= 0.6 is 0 Å². The number of carbonyl (C=O) groups excluding carboxylic acids is 1. The van der Waals surface area contributed by atoms with Crippen LogP contribution in [-0.4, -0.2) is 35.9 Å². The molecule has 0 heterocycles. The van der Waals surface area contributed by atoms with Gasteiger partial charge in [-0.3, -0.25) is 4.79 Å². The molecule has 30 heavy (non-hydrogen) atoms. The average molecular weight is 431 g/mol. The maximum absolute atomic E-state index is 12.5. The van der Waals surface area contributed by atoms with Crippen LogP contribution in [0.2, 0.25) is 0 Å². The topological polar surface area (TPSA) is 46.5 Å². The number of halogens is 3. The van der Waals surface area contributed by atoms with E-state index in [0.29, 0.717) is 29.1 Å². The van der Waals surface area contributed by atoms with Gasteiger partial charge >= 0.3 is 6.18 Å². The minimum absolute atomic E-state index is 0.103. The Morgan fingerprint density at radius 3 is 2.37 bits per heavy atom. The molecule has 0 aliphatic heterocycles. The fraction of sp³-hybridized carbons (Fsp3) is 0.958. The number of aliphatic hydroxyl groups is 1. The van der Waals surface area contributed by atoms with Crippen molar-refractivity contribution >= 4 is 5.78 Å². The molecule has 4 rings (SSSR count). The number of carbonyl (C=O) groups is 1. The first-order valence-electron chi connectivity index (χ1n) is 11.8. The Kier molecular flexibility index (Phi) is 5.62. The molecule has 4 saturated carbocycles. The van der Waals surface area contributed by atoms with E-state index in [1.807, 2.05) is 6.92 Å². The summed E-state index contributed by atoms with van der Waals surface area (Å²) in [6, 6.07) is 0. The van der Waals surface area contributed by atoms with E-state index in [1.165, 1.54) is 19.3 Å². The van der Waals surface area contributed by atoms with Gasteiger partial charge in [0.1, 0.15) is 6.61 Å². The van der Waals surface area contributed by atoms with Crippen LogP contribution in [-0.2, 0) is 9.53 Å². The molecule has 3 nitrogen and oxygen atoms in total. The lowest BCUT2D eigenvalue weighted by Gasteiger charge is -2.62. The van der Waals surface area contributed by atoms with E-state index in [4.69, 9.17) is 4.74 Å². The molecule has 0 bridgehead atoms. The predicted molar refractivity (Wildman–Crippen MR) is 108 cm³/mol. The normalized spacial score (nSPS) is 48.6. The van der Waals surface area contributed by atoms with Gasteiger partial charge in [-0.15, -0.1) is 0 Å². The number of hydrogen-bond donors (Lipinski definition) is 1. The molecule has 8 atom stereocenters. The Balaban J connectivity index is 1.42. The quantitative estimate of drug-likeness (QED) is 0.637. The van der Waals surface area contributed by atoms with Crippen LogP contribution in [0.25, 0.3) is 0 Å². The first-order chi connectivity index (χ1) is 13.9. The van der Waals surface area contributed by atoms with Crippen molar-refractivity contribution in [2.45, 2.75) is 90.3 Å². The number of ether oxygens (including phenoxy) is 1. The number of alkyl halides is 3. The lowest BCUT2D eigenvalue weighted by molar-refractivity contribution is -0.176. The number of fused-ring (bicyclic) bond motifs is 5. The van der Waals surface area contributed by atoms with Crippen LogP contribution in [0.5, 0.6) is 0 Å². The van der Waals surface area contributed by atoms with Crippen molar-refractivity contribution < 1.29 is 27.8 Å². The summed E-state index contributed by atoms with van der Waals surface area (Å²) < 4.78 is 42.6. The first-order valence-corrected chi connectivity index (χ1v) is 11.8. The third-order valence-corrected chi connectivity index (χ3v) is 10.0. The van der Waals surface area contributed by atoms with Crippen molar-refractivity contribution in [3.05, 3.63) is 0 Å². The number of hydrogen-bond acceptors (Lipinski definition) is 3. The van der Waals surface area contributed by atoms with E-state index in [2.05, 4.69) is 13.8 Å². The molecule has 0 radical (unpaired) electrons. The van der Waals surface area contributed by atoms with Crippen molar-refractivity contribution in [3.8, 4) is 0 Å². The molecule has 172 valence electrons. The van der Waals surface area contributed by atoms with Gasteiger partial charge in [-0.25, -0.2) is 0 Å². The minimum atomic E-state index is -4.81. The second-order valence-corrected chi connectivity index (χ2v) is 11.6. The highest BCUT2D eigenvalue weighted by atomic mass is 19.4. The molecule has 0 saturated heterocycles. The Labute approximate surface area is 178 Å². The fourth-order valence-corrected chi connectivity index (χ4v) is 8.19. The van der Waals surface area contributed by atoms with Gasteiger partial charge < -0.3 is 9.84 Å². The van der Waals surface area contributed by atoms with E-state index in [9.17, 15) is 23.1 Å². The van der Waals surface area contributed by atoms with E-state index >= 15 is 0 Å². The molecule has 6 heteroatoms. The highest BCUT2D eigenvalue weighted by Crippen LogP contribution is 2.67. The van der Waals surface area contributed by atoms with Gasteiger partial charge in [-0.2, -0.15) is 13.2 Å². The summed E-state index contributed by atoms with van der Waals surface area (Å²) in [6.07, 6.45) is 4.86.